The molecule has 0 spiro atoms. The van der Waals surface area contributed by atoms with E-state index in [1.54, 1.807) is 11.3 Å². The Hall–Kier alpha value is -2.27. The molecule has 0 aromatic carbocycles. The van der Waals surface area contributed by atoms with Crippen LogP contribution in [0.2, 0.25) is 0 Å². The number of amides is 2. The van der Waals surface area contributed by atoms with Crippen molar-refractivity contribution in [2.75, 3.05) is 70.5 Å². The SMILES string of the molecule is O=C(N1CCOCC1)N1CCC(O)(c2csc(CN3CCN(c4ccccn4)CC3)n2)CC1. The molecule has 0 aliphatic carbocycles. The molecule has 10 heteroatoms. The molecule has 5 rings (SSSR count). The minimum Gasteiger partial charge on any atom is -0.383 e. The number of piperidine rings is 1. The molecule has 3 saturated heterocycles. The highest BCUT2D eigenvalue weighted by Crippen LogP contribution is 2.34. The van der Waals surface area contributed by atoms with Crippen LogP contribution in [0.1, 0.15) is 23.5 Å². The first-order valence-electron chi connectivity index (χ1n) is 11.8. The number of aliphatic hydroxyl groups is 1. The lowest BCUT2D eigenvalue weighted by molar-refractivity contribution is -0.0266. The minimum atomic E-state index is -0.950. The van der Waals surface area contributed by atoms with Gasteiger partial charge in [0.2, 0.25) is 0 Å². The molecule has 3 aliphatic rings. The number of anilines is 1. The van der Waals surface area contributed by atoms with Gasteiger partial charge in [0.15, 0.2) is 0 Å². The van der Waals surface area contributed by atoms with E-state index in [1.165, 1.54) is 0 Å². The van der Waals surface area contributed by atoms with Gasteiger partial charge in [0.05, 0.1) is 25.5 Å². The van der Waals surface area contributed by atoms with Crippen molar-refractivity contribution < 1.29 is 14.6 Å². The molecule has 0 atom stereocenters. The van der Waals surface area contributed by atoms with E-state index >= 15 is 0 Å². The zero-order valence-electron chi connectivity index (χ0n) is 18.9. The Morgan fingerprint density at radius 3 is 2.45 bits per heavy atom. The van der Waals surface area contributed by atoms with Crippen molar-refractivity contribution in [1.82, 2.24) is 24.7 Å². The lowest BCUT2D eigenvalue weighted by Crippen LogP contribution is -2.52. The van der Waals surface area contributed by atoms with Gasteiger partial charge in [-0.2, -0.15) is 0 Å². The molecule has 0 radical (unpaired) electrons. The molecular weight excluding hydrogens is 440 g/mol. The summed E-state index contributed by atoms with van der Waals surface area (Å²) in [5.74, 6) is 1.04. The average Bonchev–Trinajstić information content (AvgIpc) is 3.35. The Kier molecular flexibility index (Phi) is 6.77. The predicted octanol–water partition coefficient (Wildman–Crippen LogP) is 1.60. The van der Waals surface area contributed by atoms with E-state index in [2.05, 4.69) is 20.9 Å². The number of aromatic nitrogens is 2. The van der Waals surface area contributed by atoms with Gasteiger partial charge in [0, 0.05) is 63.9 Å². The van der Waals surface area contributed by atoms with Gasteiger partial charge in [-0.15, -0.1) is 11.3 Å². The van der Waals surface area contributed by atoms with Crippen molar-refractivity contribution in [3.05, 3.63) is 40.5 Å². The number of thiazole rings is 1. The summed E-state index contributed by atoms with van der Waals surface area (Å²) < 4.78 is 5.34. The molecule has 2 amide bonds. The van der Waals surface area contributed by atoms with E-state index in [9.17, 15) is 9.90 Å². The summed E-state index contributed by atoms with van der Waals surface area (Å²) in [7, 11) is 0. The monoisotopic (exact) mass is 472 g/mol. The normalized spacial score (nSPS) is 21.9. The number of urea groups is 1. The summed E-state index contributed by atoms with van der Waals surface area (Å²) in [4.78, 5) is 30.4. The van der Waals surface area contributed by atoms with Crippen LogP contribution in [0, 0.1) is 0 Å². The fourth-order valence-electron chi connectivity index (χ4n) is 4.74. The third-order valence-corrected chi connectivity index (χ3v) is 7.71. The second-order valence-electron chi connectivity index (χ2n) is 8.98. The molecule has 5 heterocycles. The molecule has 0 bridgehead atoms. The molecule has 2 aromatic heterocycles. The molecule has 0 unspecified atom stereocenters. The van der Waals surface area contributed by atoms with Crippen LogP contribution in [-0.2, 0) is 16.9 Å². The van der Waals surface area contributed by atoms with Crippen LogP contribution in [-0.4, -0.2) is 101 Å². The maximum atomic E-state index is 12.7. The number of carbonyl (C=O) groups is 1. The lowest BCUT2D eigenvalue weighted by atomic mass is 9.89. The first-order chi connectivity index (χ1) is 16.1. The van der Waals surface area contributed by atoms with Crippen molar-refractivity contribution in [3.63, 3.8) is 0 Å². The summed E-state index contributed by atoms with van der Waals surface area (Å²) in [5.41, 5.74) is -0.193. The van der Waals surface area contributed by atoms with Gasteiger partial charge in [0.25, 0.3) is 0 Å². The summed E-state index contributed by atoms with van der Waals surface area (Å²) in [5, 5.41) is 14.3. The lowest BCUT2D eigenvalue weighted by Gasteiger charge is -2.40. The smallest absolute Gasteiger partial charge is 0.320 e. The van der Waals surface area contributed by atoms with Crippen molar-refractivity contribution in [2.24, 2.45) is 0 Å². The quantitative estimate of drug-likeness (QED) is 0.723. The number of morpholine rings is 1. The second-order valence-corrected chi connectivity index (χ2v) is 9.92. The van der Waals surface area contributed by atoms with Gasteiger partial charge in [-0.1, -0.05) is 6.07 Å². The molecule has 0 saturated carbocycles. The number of piperazine rings is 1. The van der Waals surface area contributed by atoms with Crippen LogP contribution in [0.4, 0.5) is 10.6 Å². The number of carbonyl (C=O) groups excluding carboxylic acids is 1. The number of rotatable bonds is 4. The Labute approximate surface area is 198 Å². The third-order valence-electron chi connectivity index (χ3n) is 6.88. The van der Waals surface area contributed by atoms with E-state index in [-0.39, 0.29) is 6.03 Å². The zero-order chi connectivity index (χ0) is 22.7. The van der Waals surface area contributed by atoms with E-state index in [1.807, 2.05) is 33.5 Å². The highest BCUT2D eigenvalue weighted by Gasteiger charge is 2.38. The predicted molar refractivity (Wildman–Crippen MR) is 126 cm³/mol. The molecule has 3 aliphatic heterocycles. The Morgan fingerprint density at radius 1 is 1.03 bits per heavy atom. The van der Waals surface area contributed by atoms with Gasteiger partial charge in [-0.3, -0.25) is 4.90 Å². The molecule has 33 heavy (non-hydrogen) atoms. The fraction of sp³-hybridized carbons (Fsp3) is 0.609. The van der Waals surface area contributed by atoms with Gasteiger partial charge in [0.1, 0.15) is 16.4 Å². The van der Waals surface area contributed by atoms with Crippen LogP contribution in [0.25, 0.3) is 0 Å². The van der Waals surface area contributed by atoms with Gasteiger partial charge in [-0.25, -0.2) is 14.8 Å². The van der Waals surface area contributed by atoms with Gasteiger partial charge < -0.3 is 24.5 Å². The molecule has 178 valence electrons. The maximum Gasteiger partial charge on any atom is 0.320 e. The summed E-state index contributed by atoms with van der Waals surface area (Å²) in [6, 6.07) is 6.09. The van der Waals surface area contributed by atoms with Crippen molar-refractivity contribution in [2.45, 2.75) is 25.0 Å². The molecular formula is C23H32N6O3S. The van der Waals surface area contributed by atoms with E-state index in [0.717, 1.165) is 49.2 Å². The Morgan fingerprint density at radius 2 is 1.76 bits per heavy atom. The van der Waals surface area contributed by atoms with Crippen LogP contribution >= 0.6 is 11.3 Å². The van der Waals surface area contributed by atoms with Gasteiger partial charge in [-0.05, 0) is 25.0 Å². The third kappa shape index (κ3) is 5.13. The van der Waals surface area contributed by atoms with Crippen LogP contribution in [0.5, 0.6) is 0 Å². The minimum absolute atomic E-state index is 0.0594. The molecule has 3 fully saturated rings. The van der Waals surface area contributed by atoms with E-state index < -0.39 is 5.60 Å². The largest absolute Gasteiger partial charge is 0.383 e. The van der Waals surface area contributed by atoms with Crippen LogP contribution < -0.4 is 4.90 Å². The number of hydrogen-bond acceptors (Lipinski definition) is 8. The first kappa shape index (κ1) is 22.5. The fourth-order valence-corrected chi connectivity index (χ4v) is 5.67. The highest BCUT2D eigenvalue weighted by molar-refractivity contribution is 7.09. The van der Waals surface area contributed by atoms with Crippen molar-refractivity contribution in [1.29, 1.82) is 0 Å². The summed E-state index contributed by atoms with van der Waals surface area (Å²) in [6.07, 6.45) is 2.89. The first-order valence-corrected chi connectivity index (χ1v) is 12.7. The Balaban J connectivity index is 1.12. The van der Waals surface area contributed by atoms with E-state index in [0.29, 0.717) is 52.2 Å². The second kappa shape index (κ2) is 9.92. The number of hydrogen-bond donors (Lipinski definition) is 1. The number of likely N-dealkylation sites (tertiary alicyclic amines) is 1. The topological polar surface area (TPSA) is 85.3 Å². The number of ether oxygens (including phenoxy) is 1. The van der Waals surface area contributed by atoms with Crippen molar-refractivity contribution in [3.8, 4) is 0 Å². The van der Waals surface area contributed by atoms with Crippen LogP contribution in [0.3, 0.4) is 0 Å². The van der Waals surface area contributed by atoms with Gasteiger partial charge >= 0.3 is 6.03 Å². The highest BCUT2D eigenvalue weighted by atomic mass is 32.1. The number of pyridine rings is 1. The Bertz CT molecular complexity index is 919. The number of nitrogens with zero attached hydrogens (tertiary/aromatic N) is 6. The maximum absolute atomic E-state index is 12.7. The van der Waals surface area contributed by atoms with E-state index in [4.69, 9.17) is 9.72 Å². The molecule has 9 nitrogen and oxygen atoms in total. The van der Waals surface area contributed by atoms with Crippen molar-refractivity contribution >= 4 is 23.2 Å². The summed E-state index contributed by atoms with van der Waals surface area (Å²) >= 11 is 1.62. The zero-order valence-corrected chi connectivity index (χ0v) is 19.8. The van der Waals surface area contributed by atoms with Crippen LogP contribution in [0.15, 0.2) is 29.8 Å². The average molecular weight is 473 g/mol. The molecule has 1 N–H and O–H groups in total. The summed E-state index contributed by atoms with van der Waals surface area (Å²) in [6.45, 7) is 8.23. The molecule has 2 aromatic rings. The standard InChI is InChI=1S/C23H32N6O3S/c30-22(29-13-15-32-16-14-29)28-7-4-23(31,5-8-28)19-18-33-21(25-19)17-26-9-11-27(12-10-26)20-3-1-2-6-24-20/h1-3,6,18,31H,4-5,7-17H2.